The van der Waals surface area contributed by atoms with E-state index in [-0.39, 0.29) is 0 Å². The zero-order valence-corrected chi connectivity index (χ0v) is 11.7. The summed E-state index contributed by atoms with van der Waals surface area (Å²) in [5.41, 5.74) is 4.26. The Bertz CT molecular complexity index is 542. The van der Waals surface area contributed by atoms with Crippen molar-refractivity contribution in [2.75, 3.05) is 0 Å². The third-order valence-electron chi connectivity index (χ3n) is 3.20. The van der Waals surface area contributed by atoms with E-state index in [0.717, 1.165) is 22.4 Å². The number of aryl methyl sites for hydroxylation is 2. The number of ether oxygens (including phenoxy) is 1. The van der Waals surface area contributed by atoms with Gasteiger partial charge in [0.1, 0.15) is 12.4 Å². The zero-order valence-electron chi connectivity index (χ0n) is 11.7. The highest BCUT2D eigenvalue weighted by Crippen LogP contribution is 2.29. The van der Waals surface area contributed by atoms with Crippen molar-refractivity contribution in [3.63, 3.8) is 0 Å². The average molecular weight is 256 g/mol. The summed E-state index contributed by atoms with van der Waals surface area (Å²) in [5, 5.41) is 9.78. The number of para-hydroxylation sites is 1. The molecule has 0 spiro atoms. The molecule has 2 heteroatoms. The van der Waals surface area contributed by atoms with Crippen LogP contribution < -0.4 is 4.74 Å². The summed E-state index contributed by atoms with van der Waals surface area (Å²) < 4.78 is 5.90. The summed E-state index contributed by atoms with van der Waals surface area (Å²) in [4.78, 5) is 0. The lowest BCUT2D eigenvalue weighted by atomic mass is 10.1. The third-order valence-corrected chi connectivity index (χ3v) is 3.20. The van der Waals surface area contributed by atoms with Gasteiger partial charge in [-0.2, -0.15) is 0 Å². The molecule has 0 saturated heterocycles. The van der Waals surface area contributed by atoms with E-state index >= 15 is 0 Å². The van der Waals surface area contributed by atoms with Crippen molar-refractivity contribution in [1.82, 2.24) is 0 Å². The maximum Gasteiger partial charge on any atom is 0.128 e. The molecule has 0 bridgehead atoms. The van der Waals surface area contributed by atoms with Crippen LogP contribution in [0, 0.1) is 13.8 Å². The predicted molar refractivity (Wildman–Crippen MR) is 77.3 cm³/mol. The maximum absolute atomic E-state index is 9.78. The predicted octanol–water partition coefficient (Wildman–Crippen LogP) is 3.94. The van der Waals surface area contributed by atoms with Gasteiger partial charge < -0.3 is 9.84 Å². The molecule has 2 aromatic carbocycles. The summed E-state index contributed by atoms with van der Waals surface area (Å²) >= 11 is 0. The number of hydrogen-bond acceptors (Lipinski definition) is 2. The first-order valence-corrected chi connectivity index (χ1v) is 6.54. The Morgan fingerprint density at radius 3 is 2.37 bits per heavy atom. The summed E-state index contributed by atoms with van der Waals surface area (Å²) in [6.45, 7) is 6.34. The second-order valence-corrected chi connectivity index (χ2v) is 4.94. The highest BCUT2D eigenvalue weighted by Gasteiger charge is 2.11. The quantitative estimate of drug-likeness (QED) is 0.898. The Hall–Kier alpha value is -1.80. The van der Waals surface area contributed by atoms with Crippen molar-refractivity contribution < 1.29 is 9.84 Å². The van der Waals surface area contributed by atoms with Crippen LogP contribution in [0.2, 0.25) is 0 Å². The van der Waals surface area contributed by atoms with Crippen molar-refractivity contribution in [2.45, 2.75) is 33.5 Å². The Kier molecular flexibility index (Phi) is 4.23. The number of aliphatic hydroxyl groups is 1. The minimum atomic E-state index is -0.520. The Morgan fingerprint density at radius 2 is 1.74 bits per heavy atom. The first kappa shape index (κ1) is 13.6. The maximum atomic E-state index is 9.78. The summed E-state index contributed by atoms with van der Waals surface area (Å²) in [5.74, 6) is 0.790. The van der Waals surface area contributed by atoms with E-state index in [0.29, 0.717) is 6.61 Å². The van der Waals surface area contributed by atoms with Crippen LogP contribution in [0.1, 0.15) is 35.3 Å². The van der Waals surface area contributed by atoms with Gasteiger partial charge in [0.2, 0.25) is 0 Å². The van der Waals surface area contributed by atoms with E-state index in [1.807, 2.05) is 25.1 Å². The molecule has 1 atom stereocenters. The van der Waals surface area contributed by atoms with Gasteiger partial charge in [0.25, 0.3) is 0 Å². The Balaban J connectivity index is 2.17. The van der Waals surface area contributed by atoms with E-state index in [2.05, 4.69) is 31.2 Å². The number of rotatable bonds is 4. The molecule has 0 aliphatic rings. The number of hydrogen-bond donors (Lipinski definition) is 1. The SMILES string of the molecule is Cc1ccc(COc2c(C)cccc2C(C)O)cc1. The lowest BCUT2D eigenvalue weighted by Gasteiger charge is -2.16. The van der Waals surface area contributed by atoms with Gasteiger partial charge in [0, 0.05) is 5.56 Å². The summed E-state index contributed by atoms with van der Waals surface area (Å²) in [6, 6.07) is 14.1. The van der Waals surface area contributed by atoms with Gasteiger partial charge in [-0.15, -0.1) is 0 Å². The lowest BCUT2D eigenvalue weighted by Crippen LogP contribution is -2.02. The van der Waals surface area contributed by atoms with Crippen molar-refractivity contribution in [2.24, 2.45) is 0 Å². The number of benzene rings is 2. The highest BCUT2D eigenvalue weighted by atomic mass is 16.5. The molecule has 2 rings (SSSR count). The first-order chi connectivity index (χ1) is 9.08. The molecule has 0 heterocycles. The van der Waals surface area contributed by atoms with Crippen LogP contribution in [0.4, 0.5) is 0 Å². The third kappa shape index (κ3) is 3.36. The standard InChI is InChI=1S/C17H20O2/c1-12-7-9-15(10-8-12)11-19-17-13(2)5-4-6-16(17)14(3)18/h4-10,14,18H,11H2,1-3H3. The molecule has 0 radical (unpaired) electrons. The molecular weight excluding hydrogens is 236 g/mol. The molecule has 0 aliphatic heterocycles. The van der Waals surface area contributed by atoms with E-state index in [1.165, 1.54) is 5.56 Å². The van der Waals surface area contributed by atoms with Crippen LogP contribution in [0.3, 0.4) is 0 Å². The van der Waals surface area contributed by atoms with Gasteiger partial charge in [-0.1, -0.05) is 48.0 Å². The van der Waals surface area contributed by atoms with Crippen LogP contribution >= 0.6 is 0 Å². The number of aliphatic hydroxyl groups excluding tert-OH is 1. The van der Waals surface area contributed by atoms with Crippen molar-refractivity contribution in [1.29, 1.82) is 0 Å². The Morgan fingerprint density at radius 1 is 1.05 bits per heavy atom. The van der Waals surface area contributed by atoms with Crippen molar-refractivity contribution in [3.8, 4) is 5.75 Å². The molecule has 2 aromatic rings. The molecule has 19 heavy (non-hydrogen) atoms. The van der Waals surface area contributed by atoms with Crippen molar-refractivity contribution >= 4 is 0 Å². The van der Waals surface area contributed by atoms with Gasteiger partial charge in [-0.25, -0.2) is 0 Å². The molecule has 100 valence electrons. The van der Waals surface area contributed by atoms with Gasteiger partial charge in [0.15, 0.2) is 0 Å². The molecule has 2 nitrogen and oxygen atoms in total. The first-order valence-electron chi connectivity index (χ1n) is 6.54. The van der Waals surface area contributed by atoms with Gasteiger partial charge in [0.05, 0.1) is 6.10 Å². The molecule has 0 aliphatic carbocycles. The fourth-order valence-corrected chi connectivity index (χ4v) is 2.04. The monoisotopic (exact) mass is 256 g/mol. The molecule has 0 fully saturated rings. The minimum Gasteiger partial charge on any atom is -0.488 e. The van der Waals surface area contributed by atoms with Crippen LogP contribution in [-0.2, 0) is 6.61 Å². The highest BCUT2D eigenvalue weighted by molar-refractivity contribution is 5.42. The normalized spacial score (nSPS) is 12.2. The van der Waals surface area contributed by atoms with Crippen LogP contribution in [-0.4, -0.2) is 5.11 Å². The molecule has 1 N–H and O–H groups in total. The topological polar surface area (TPSA) is 29.5 Å². The largest absolute Gasteiger partial charge is 0.488 e. The molecule has 0 amide bonds. The van der Waals surface area contributed by atoms with Crippen molar-refractivity contribution in [3.05, 3.63) is 64.7 Å². The summed E-state index contributed by atoms with van der Waals surface area (Å²) in [7, 11) is 0. The second-order valence-electron chi connectivity index (χ2n) is 4.94. The van der Waals surface area contributed by atoms with Crippen LogP contribution in [0.25, 0.3) is 0 Å². The average Bonchev–Trinajstić information content (AvgIpc) is 2.39. The van der Waals surface area contributed by atoms with E-state index in [4.69, 9.17) is 4.74 Å². The minimum absolute atomic E-state index is 0.519. The molecule has 0 aromatic heterocycles. The van der Waals surface area contributed by atoms with Crippen LogP contribution in [0.5, 0.6) is 5.75 Å². The van der Waals surface area contributed by atoms with Gasteiger partial charge >= 0.3 is 0 Å². The fourth-order valence-electron chi connectivity index (χ4n) is 2.04. The second kappa shape index (κ2) is 5.89. The van der Waals surface area contributed by atoms with Gasteiger partial charge in [-0.05, 0) is 31.9 Å². The molecule has 0 saturated carbocycles. The summed E-state index contributed by atoms with van der Waals surface area (Å²) in [6.07, 6.45) is -0.520. The van der Waals surface area contributed by atoms with Gasteiger partial charge in [-0.3, -0.25) is 0 Å². The smallest absolute Gasteiger partial charge is 0.128 e. The fraction of sp³-hybridized carbons (Fsp3) is 0.294. The zero-order chi connectivity index (χ0) is 13.8. The lowest BCUT2D eigenvalue weighted by molar-refractivity contribution is 0.189. The van der Waals surface area contributed by atoms with Crippen LogP contribution in [0.15, 0.2) is 42.5 Å². The Labute approximate surface area is 114 Å². The van der Waals surface area contributed by atoms with E-state index in [1.54, 1.807) is 6.92 Å². The van der Waals surface area contributed by atoms with E-state index < -0.39 is 6.10 Å². The van der Waals surface area contributed by atoms with E-state index in [9.17, 15) is 5.11 Å². The molecule has 1 unspecified atom stereocenters. The molecular formula is C17H20O2.